The third kappa shape index (κ3) is 3.56. The number of phenols is 1. The van der Waals surface area contributed by atoms with Crippen LogP contribution >= 0.6 is 0 Å². The third-order valence-corrected chi connectivity index (χ3v) is 4.10. The topological polar surface area (TPSA) is 35.5 Å². The summed E-state index contributed by atoms with van der Waals surface area (Å²) >= 11 is 0. The molecule has 0 aromatic heterocycles. The van der Waals surface area contributed by atoms with Gasteiger partial charge in [0, 0.05) is 37.4 Å². The van der Waals surface area contributed by atoms with E-state index in [1.165, 1.54) is 5.56 Å². The van der Waals surface area contributed by atoms with Gasteiger partial charge in [-0.2, -0.15) is 0 Å². The molecule has 1 aliphatic rings. The van der Waals surface area contributed by atoms with E-state index in [0.717, 1.165) is 37.3 Å². The van der Waals surface area contributed by atoms with Crippen LogP contribution in [0.15, 0.2) is 48.5 Å². The Morgan fingerprint density at radius 1 is 1.19 bits per heavy atom. The van der Waals surface area contributed by atoms with Gasteiger partial charge in [-0.15, -0.1) is 0 Å². The van der Waals surface area contributed by atoms with Gasteiger partial charge in [-0.05, 0) is 30.5 Å². The number of nitrogens with zero attached hydrogens (tertiary/aromatic N) is 1. The molecule has 1 fully saturated rings. The zero-order valence-corrected chi connectivity index (χ0v) is 12.4. The number of benzene rings is 2. The summed E-state index contributed by atoms with van der Waals surface area (Å²) < 4.78 is 0. The van der Waals surface area contributed by atoms with Crippen molar-refractivity contribution in [2.45, 2.75) is 25.9 Å². The molecular formula is C18H22N2O. The molecule has 1 heterocycles. The average molecular weight is 282 g/mol. The normalized spacial score (nSPS) is 18.8. The molecule has 2 N–H and O–H groups in total. The molecule has 0 amide bonds. The summed E-state index contributed by atoms with van der Waals surface area (Å²) in [6.07, 6.45) is 1.14. The highest BCUT2D eigenvalue weighted by Gasteiger charge is 2.22. The van der Waals surface area contributed by atoms with E-state index in [0.29, 0.717) is 11.8 Å². The second-order valence-corrected chi connectivity index (χ2v) is 5.85. The van der Waals surface area contributed by atoms with Crippen LogP contribution in [0, 0.1) is 6.92 Å². The molecule has 2 aromatic carbocycles. The van der Waals surface area contributed by atoms with Crippen LogP contribution in [0.1, 0.15) is 17.5 Å². The predicted octanol–water partition coefficient (Wildman–Crippen LogP) is 3.39. The molecule has 3 nitrogen and oxygen atoms in total. The van der Waals surface area contributed by atoms with E-state index in [4.69, 9.17) is 0 Å². The van der Waals surface area contributed by atoms with Crippen molar-refractivity contribution in [1.29, 1.82) is 0 Å². The Morgan fingerprint density at radius 2 is 2.00 bits per heavy atom. The summed E-state index contributed by atoms with van der Waals surface area (Å²) in [4.78, 5) is 2.47. The fourth-order valence-corrected chi connectivity index (χ4v) is 2.87. The minimum Gasteiger partial charge on any atom is -0.508 e. The van der Waals surface area contributed by atoms with Gasteiger partial charge in [0.05, 0.1) is 0 Å². The molecular weight excluding hydrogens is 260 g/mol. The predicted molar refractivity (Wildman–Crippen MR) is 86.6 cm³/mol. The SMILES string of the molecule is Cc1ccc(NC2CCN(Cc3ccccc3)C2)cc1O. The quantitative estimate of drug-likeness (QED) is 0.902. The Labute approximate surface area is 126 Å². The van der Waals surface area contributed by atoms with Crippen molar-refractivity contribution in [1.82, 2.24) is 4.90 Å². The summed E-state index contributed by atoms with van der Waals surface area (Å²) in [6.45, 7) is 5.09. The van der Waals surface area contributed by atoms with Gasteiger partial charge >= 0.3 is 0 Å². The fourth-order valence-electron chi connectivity index (χ4n) is 2.87. The Balaban J connectivity index is 1.56. The molecule has 0 aliphatic carbocycles. The van der Waals surface area contributed by atoms with E-state index in [1.54, 1.807) is 0 Å². The highest BCUT2D eigenvalue weighted by molar-refractivity contribution is 5.51. The average Bonchev–Trinajstić information content (AvgIpc) is 2.91. The second-order valence-electron chi connectivity index (χ2n) is 5.85. The molecule has 21 heavy (non-hydrogen) atoms. The van der Waals surface area contributed by atoms with Crippen molar-refractivity contribution in [3.05, 3.63) is 59.7 Å². The number of aryl methyl sites for hydroxylation is 1. The Kier molecular flexibility index (Phi) is 4.11. The van der Waals surface area contributed by atoms with Gasteiger partial charge in [0.15, 0.2) is 0 Å². The first-order chi connectivity index (χ1) is 10.2. The Bertz CT molecular complexity index is 597. The lowest BCUT2D eigenvalue weighted by molar-refractivity contribution is 0.328. The maximum atomic E-state index is 9.77. The molecule has 3 heteroatoms. The highest BCUT2D eigenvalue weighted by Crippen LogP contribution is 2.23. The maximum Gasteiger partial charge on any atom is 0.120 e. The molecule has 110 valence electrons. The molecule has 0 bridgehead atoms. The summed E-state index contributed by atoms with van der Waals surface area (Å²) in [7, 11) is 0. The summed E-state index contributed by atoms with van der Waals surface area (Å²) in [5, 5.41) is 13.3. The van der Waals surface area contributed by atoms with Crippen molar-refractivity contribution < 1.29 is 5.11 Å². The summed E-state index contributed by atoms with van der Waals surface area (Å²) in [5.41, 5.74) is 3.29. The van der Waals surface area contributed by atoms with Crippen LogP contribution in [-0.4, -0.2) is 29.1 Å². The van der Waals surface area contributed by atoms with Gasteiger partial charge in [0.1, 0.15) is 5.75 Å². The van der Waals surface area contributed by atoms with Crippen LogP contribution in [0.3, 0.4) is 0 Å². The highest BCUT2D eigenvalue weighted by atomic mass is 16.3. The first-order valence-electron chi connectivity index (χ1n) is 7.53. The van der Waals surface area contributed by atoms with Crippen LogP contribution in [0.2, 0.25) is 0 Å². The van der Waals surface area contributed by atoms with Gasteiger partial charge in [-0.1, -0.05) is 36.4 Å². The monoisotopic (exact) mass is 282 g/mol. The number of nitrogens with one attached hydrogen (secondary N) is 1. The molecule has 1 atom stereocenters. The van der Waals surface area contributed by atoms with Crippen LogP contribution < -0.4 is 5.32 Å². The van der Waals surface area contributed by atoms with E-state index in [2.05, 4.69) is 40.5 Å². The van der Waals surface area contributed by atoms with Crippen molar-refractivity contribution >= 4 is 5.69 Å². The van der Waals surface area contributed by atoms with Crippen LogP contribution in [0.5, 0.6) is 5.75 Å². The van der Waals surface area contributed by atoms with Crippen LogP contribution in [0.4, 0.5) is 5.69 Å². The molecule has 2 aromatic rings. The third-order valence-electron chi connectivity index (χ3n) is 4.10. The number of hydrogen-bond donors (Lipinski definition) is 2. The van der Waals surface area contributed by atoms with E-state index in [9.17, 15) is 5.11 Å². The van der Waals surface area contributed by atoms with Crippen molar-refractivity contribution in [3.63, 3.8) is 0 Å². The summed E-state index contributed by atoms with van der Waals surface area (Å²) in [6, 6.07) is 16.9. The smallest absolute Gasteiger partial charge is 0.120 e. The zero-order chi connectivity index (χ0) is 14.7. The van der Waals surface area contributed by atoms with Gasteiger partial charge in [-0.25, -0.2) is 0 Å². The van der Waals surface area contributed by atoms with E-state index in [1.807, 2.05) is 25.1 Å². The van der Waals surface area contributed by atoms with Crippen molar-refractivity contribution in [2.24, 2.45) is 0 Å². The first kappa shape index (κ1) is 14.0. The second kappa shape index (κ2) is 6.19. The number of hydrogen-bond acceptors (Lipinski definition) is 3. The molecule has 0 spiro atoms. The zero-order valence-electron chi connectivity index (χ0n) is 12.4. The molecule has 0 saturated carbocycles. The lowest BCUT2D eigenvalue weighted by Gasteiger charge is -2.17. The first-order valence-corrected chi connectivity index (χ1v) is 7.53. The molecule has 1 saturated heterocycles. The Morgan fingerprint density at radius 3 is 2.76 bits per heavy atom. The minimum atomic E-state index is 0.360. The number of phenolic OH excluding ortho intramolecular Hbond substituents is 1. The molecule has 3 rings (SSSR count). The van der Waals surface area contributed by atoms with E-state index >= 15 is 0 Å². The lowest BCUT2D eigenvalue weighted by atomic mass is 10.2. The molecule has 1 unspecified atom stereocenters. The van der Waals surface area contributed by atoms with E-state index in [-0.39, 0.29) is 0 Å². The van der Waals surface area contributed by atoms with Crippen LogP contribution in [-0.2, 0) is 6.54 Å². The lowest BCUT2D eigenvalue weighted by Crippen LogP contribution is -2.25. The van der Waals surface area contributed by atoms with Gasteiger partial charge in [0.25, 0.3) is 0 Å². The largest absolute Gasteiger partial charge is 0.508 e. The number of rotatable bonds is 4. The Hall–Kier alpha value is -2.00. The number of likely N-dealkylation sites (tertiary alicyclic amines) is 1. The number of anilines is 1. The number of aromatic hydroxyl groups is 1. The maximum absolute atomic E-state index is 9.77. The van der Waals surface area contributed by atoms with E-state index < -0.39 is 0 Å². The van der Waals surface area contributed by atoms with Gasteiger partial charge < -0.3 is 10.4 Å². The van der Waals surface area contributed by atoms with Crippen molar-refractivity contribution in [3.8, 4) is 5.75 Å². The van der Waals surface area contributed by atoms with Gasteiger partial charge in [-0.3, -0.25) is 4.90 Å². The van der Waals surface area contributed by atoms with Crippen LogP contribution in [0.25, 0.3) is 0 Å². The van der Waals surface area contributed by atoms with Gasteiger partial charge in [0.2, 0.25) is 0 Å². The molecule has 1 aliphatic heterocycles. The fraction of sp³-hybridized carbons (Fsp3) is 0.333. The molecule has 0 radical (unpaired) electrons. The standard InChI is InChI=1S/C18H22N2O/c1-14-7-8-16(11-18(14)21)19-17-9-10-20(13-17)12-15-5-3-2-4-6-15/h2-8,11,17,19,21H,9-10,12-13H2,1H3. The van der Waals surface area contributed by atoms with Crippen molar-refractivity contribution in [2.75, 3.05) is 18.4 Å². The minimum absolute atomic E-state index is 0.360. The summed E-state index contributed by atoms with van der Waals surface area (Å²) in [5.74, 6) is 0.360.